The van der Waals surface area contributed by atoms with Crippen LogP contribution in [0.5, 0.6) is 5.75 Å². The van der Waals surface area contributed by atoms with Gasteiger partial charge in [-0.1, -0.05) is 35.9 Å². The van der Waals surface area contributed by atoms with E-state index in [9.17, 15) is 0 Å². The SMILES string of the molecule is NC1CCN(Cc2ccn3ncnc(Nc4ccc(OCc5ccc6ccccc6n5)c(Cl)c4)c23)CC1. The molecule has 0 spiro atoms. The molecule has 0 unspecified atom stereocenters. The summed E-state index contributed by atoms with van der Waals surface area (Å²) in [5.41, 5.74) is 10.8. The number of anilines is 2. The van der Waals surface area contributed by atoms with E-state index in [1.165, 1.54) is 5.56 Å². The lowest BCUT2D eigenvalue weighted by molar-refractivity contribution is 0.206. The molecule has 9 heteroatoms. The number of rotatable bonds is 7. The van der Waals surface area contributed by atoms with Crippen molar-refractivity contribution in [1.82, 2.24) is 24.5 Å². The standard InChI is InChI=1S/C28H28ClN7O/c29-24-15-22(7-8-26(24)37-17-23-6-5-19-3-1-2-4-25(19)33-23)34-28-27-20(9-14-36(27)32-18-31-28)16-35-12-10-21(30)11-13-35/h1-9,14-15,18,21H,10-13,16-17,30H2,(H,31,32,34). The molecule has 0 atom stereocenters. The van der Waals surface area contributed by atoms with Gasteiger partial charge in [-0.15, -0.1) is 0 Å². The monoisotopic (exact) mass is 513 g/mol. The van der Waals surface area contributed by atoms with Crippen molar-refractivity contribution in [3.05, 3.63) is 89.5 Å². The maximum atomic E-state index is 6.59. The lowest BCUT2D eigenvalue weighted by Crippen LogP contribution is -2.39. The molecule has 37 heavy (non-hydrogen) atoms. The average molecular weight is 514 g/mol. The molecule has 1 saturated heterocycles. The van der Waals surface area contributed by atoms with Crippen LogP contribution in [-0.4, -0.2) is 43.6 Å². The minimum Gasteiger partial charge on any atom is -0.486 e. The average Bonchev–Trinajstić information content (AvgIpc) is 3.33. The van der Waals surface area contributed by atoms with Gasteiger partial charge >= 0.3 is 0 Å². The quantitative estimate of drug-likeness (QED) is 0.310. The molecule has 1 aliphatic heterocycles. The molecule has 0 bridgehead atoms. The minimum absolute atomic E-state index is 0.308. The van der Waals surface area contributed by atoms with Crippen LogP contribution in [-0.2, 0) is 13.2 Å². The van der Waals surface area contributed by atoms with E-state index >= 15 is 0 Å². The molecule has 1 aliphatic rings. The fourth-order valence-electron chi connectivity index (χ4n) is 4.76. The first-order valence-corrected chi connectivity index (χ1v) is 12.8. The normalized spacial score (nSPS) is 14.9. The number of hydrogen-bond donors (Lipinski definition) is 2. The van der Waals surface area contributed by atoms with Gasteiger partial charge in [0.25, 0.3) is 0 Å². The summed E-state index contributed by atoms with van der Waals surface area (Å²) in [6.07, 6.45) is 5.57. The number of fused-ring (bicyclic) bond motifs is 2. The second-order valence-electron chi connectivity index (χ2n) is 9.41. The van der Waals surface area contributed by atoms with Gasteiger partial charge in [-0.05, 0) is 67.9 Å². The predicted molar refractivity (Wildman–Crippen MR) is 146 cm³/mol. The smallest absolute Gasteiger partial charge is 0.158 e. The van der Waals surface area contributed by atoms with Crippen molar-refractivity contribution in [1.29, 1.82) is 0 Å². The number of benzene rings is 2. The van der Waals surface area contributed by atoms with Crippen LogP contribution in [0.1, 0.15) is 24.1 Å². The number of nitrogens with one attached hydrogen (secondary N) is 1. The Kier molecular flexibility index (Phi) is 6.61. The molecule has 0 radical (unpaired) electrons. The summed E-state index contributed by atoms with van der Waals surface area (Å²) in [4.78, 5) is 11.6. The number of para-hydroxylation sites is 1. The summed E-state index contributed by atoms with van der Waals surface area (Å²) in [6, 6.07) is 20.1. The number of nitrogens with two attached hydrogens (primary N) is 1. The lowest BCUT2D eigenvalue weighted by Gasteiger charge is -2.29. The van der Waals surface area contributed by atoms with Gasteiger partial charge < -0.3 is 15.8 Å². The third-order valence-corrected chi connectivity index (χ3v) is 7.09. The number of likely N-dealkylation sites (tertiary alicyclic amines) is 1. The Morgan fingerprint density at radius 2 is 1.92 bits per heavy atom. The molecule has 188 valence electrons. The van der Waals surface area contributed by atoms with Gasteiger partial charge in [0.1, 0.15) is 24.2 Å². The zero-order chi connectivity index (χ0) is 25.2. The van der Waals surface area contributed by atoms with Crippen LogP contribution < -0.4 is 15.8 Å². The Morgan fingerprint density at radius 3 is 2.78 bits per heavy atom. The number of pyridine rings is 1. The van der Waals surface area contributed by atoms with Crippen molar-refractivity contribution in [2.45, 2.75) is 32.0 Å². The van der Waals surface area contributed by atoms with Gasteiger partial charge in [0.2, 0.25) is 0 Å². The van der Waals surface area contributed by atoms with E-state index < -0.39 is 0 Å². The molecule has 0 aliphatic carbocycles. The van der Waals surface area contributed by atoms with E-state index in [2.05, 4.69) is 31.3 Å². The van der Waals surface area contributed by atoms with E-state index in [0.717, 1.165) is 66.1 Å². The first-order chi connectivity index (χ1) is 18.1. The third-order valence-electron chi connectivity index (χ3n) is 6.79. The first-order valence-electron chi connectivity index (χ1n) is 12.5. The van der Waals surface area contributed by atoms with Crippen molar-refractivity contribution >= 4 is 39.5 Å². The Bertz CT molecular complexity index is 1540. The molecule has 3 aromatic heterocycles. The van der Waals surface area contributed by atoms with Gasteiger partial charge in [0, 0.05) is 29.9 Å². The maximum Gasteiger partial charge on any atom is 0.158 e. The van der Waals surface area contributed by atoms with E-state index in [0.29, 0.717) is 23.4 Å². The first kappa shape index (κ1) is 23.7. The summed E-state index contributed by atoms with van der Waals surface area (Å²) in [5, 5.41) is 9.42. The molecular formula is C28H28ClN7O. The Hall–Kier alpha value is -3.72. The summed E-state index contributed by atoms with van der Waals surface area (Å²) in [6.45, 7) is 3.17. The number of halogens is 1. The summed E-state index contributed by atoms with van der Waals surface area (Å²) < 4.78 is 7.84. The second-order valence-corrected chi connectivity index (χ2v) is 9.82. The summed E-state index contributed by atoms with van der Waals surface area (Å²) >= 11 is 6.59. The highest BCUT2D eigenvalue weighted by molar-refractivity contribution is 6.32. The number of aromatic nitrogens is 4. The van der Waals surface area contributed by atoms with Crippen LogP contribution in [0.4, 0.5) is 11.5 Å². The Balaban J connectivity index is 1.17. The zero-order valence-electron chi connectivity index (χ0n) is 20.3. The summed E-state index contributed by atoms with van der Waals surface area (Å²) in [7, 11) is 0. The topological polar surface area (TPSA) is 93.6 Å². The van der Waals surface area contributed by atoms with Crippen LogP contribution >= 0.6 is 11.6 Å². The van der Waals surface area contributed by atoms with E-state index in [1.807, 2.05) is 65.3 Å². The van der Waals surface area contributed by atoms with Crippen LogP contribution in [0, 0.1) is 0 Å². The second kappa shape index (κ2) is 10.3. The van der Waals surface area contributed by atoms with Gasteiger partial charge in [-0.3, -0.25) is 4.90 Å². The molecule has 6 rings (SSSR count). The molecule has 8 nitrogen and oxygen atoms in total. The number of piperidine rings is 1. The third kappa shape index (κ3) is 5.22. The van der Waals surface area contributed by atoms with Crippen molar-refractivity contribution in [2.75, 3.05) is 18.4 Å². The fourth-order valence-corrected chi connectivity index (χ4v) is 5.00. The van der Waals surface area contributed by atoms with Crippen LogP contribution in [0.15, 0.2) is 73.2 Å². The van der Waals surface area contributed by atoms with E-state index in [-0.39, 0.29) is 0 Å². The van der Waals surface area contributed by atoms with Crippen molar-refractivity contribution < 1.29 is 4.74 Å². The van der Waals surface area contributed by atoms with Gasteiger partial charge in [-0.2, -0.15) is 5.10 Å². The molecule has 2 aromatic carbocycles. The highest BCUT2D eigenvalue weighted by Crippen LogP contribution is 2.31. The summed E-state index contributed by atoms with van der Waals surface area (Å²) in [5.74, 6) is 1.33. The highest BCUT2D eigenvalue weighted by Gasteiger charge is 2.19. The van der Waals surface area contributed by atoms with E-state index in [4.69, 9.17) is 22.1 Å². The lowest BCUT2D eigenvalue weighted by atomic mass is 10.1. The number of hydrogen-bond acceptors (Lipinski definition) is 7. The van der Waals surface area contributed by atoms with Gasteiger partial charge in [-0.25, -0.2) is 14.5 Å². The van der Waals surface area contributed by atoms with Crippen LogP contribution in [0.25, 0.3) is 16.4 Å². The fraction of sp³-hybridized carbons (Fsp3) is 0.250. The molecule has 4 heterocycles. The van der Waals surface area contributed by atoms with Crippen molar-refractivity contribution in [3.63, 3.8) is 0 Å². The molecule has 0 saturated carbocycles. The number of ether oxygens (including phenoxy) is 1. The Labute approximate surface area is 220 Å². The predicted octanol–water partition coefficient (Wildman–Crippen LogP) is 5.18. The molecular weight excluding hydrogens is 486 g/mol. The van der Waals surface area contributed by atoms with Crippen LogP contribution in [0.3, 0.4) is 0 Å². The number of nitrogens with zero attached hydrogens (tertiary/aromatic N) is 5. The van der Waals surface area contributed by atoms with E-state index in [1.54, 1.807) is 6.33 Å². The zero-order valence-corrected chi connectivity index (χ0v) is 21.1. The molecule has 1 fully saturated rings. The largest absolute Gasteiger partial charge is 0.486 e. The molecule has 5 aromatic rings. The van der Waals surface area contributed by atoms with Gasteiger partial charge in [0.05, 0.1) is 16.2 Å². The molecule has 0 amide bonds. The van der Waals surface area contributed by atoms with Gasteiger partial charge in [0.15, 0.2) is 5.82 Å². The van der Waals surface area contributed by atoms with Crippen molar-refractivity contribution in [3.8, 4) is 5.75 Å². The maximum absolute atomic E-state index is 6.59. The van der Waals surface area contributed by atoms with Crippen LogP contribution in [0.2, 0.25) is 5.02 Å². The molecule has 3 N–H and O–H groups in total. The minimum atomic E-state index is 0.308. The van der Waals surface area contributed by atoms with Crippen molar-refractivity contribution in [2.24, 2.45) is 5.73 Å². The highest BCUT2D eigenvalue weighted by atomic mass is 35.5. The Morgan fingerprint density at radius 1 is 1.05 bits per heavy atom.